The summed E-state index contributed by atoms with van der Waals surface area (Å²) in [5.74, 6) is 0. The fraction of sp³-hybridized carbons (Fsp3) is 0.571. The predicted molar refractivity (Wildman–Crippen MR) is 79.1 cm³/mol. The lowest BCUT2D eigenvalue weighted by Crippen LogP contribution is -2.25. The molecule has 4 heteroatoms. The van der Waals surface area contributed by atoms with E-state index in [9.17, 15) is 0 Å². The van der Waals surface area contributed by atoms with E-state index >= 15 is 0 Å². The summed E-state index contributed by atoms with van der Waals surface area (Å²) in [6, 6.07) is 5.88. The van der Waals surface area contributed by atoms with Crippen molar-refractivity contribution in [2.45, 2.75) is 38.3 Å². The Hall–Kier alpha value is -0.0900. The number of halogens is 2. The molecule has 0 aliphatic carbocycles. The fourth-order valence-electron chi connectivity index (χ4n) is 2.20. The summed E-state index contributed by atoms with van der Waals surface area (Å²) in [6.45, 7) is 2.77. The maximum Gasteiger partial charge on any atom is 0.0587 e. The van der Waals surface area contributed by atoms with Crippen molar-refractivity contribution in [3.63, 3.8) is 0 Å². The molecule has 1 unspecified atom stereocenters. The number of rotatable bonds is 5. The lowest BCUT2D eigenvalue weighted by molar-refractivity contribution is 0.0115. The first kappa shape index (κ1) is 14.3. The molecule has 1 fully saturated rings. The molecule has 0 spiro atoms. The van der Waals surface area contributed by atoms with E-state index in [4.69, 9.17) is 16.3 Å². The average molecular weight is 333 g/mol. The Bertz CT molecular complexity index is 380. The number of benzene rings is 1. The minimum atomic E-state index is 0.453. The number of nitrogens with one attached hydrogen (secondary N) is 1. The van der Waals surface area contributed by atoms with Gasteiger partial charge >= 0.3 is 0 Å². The molecule has 18 heavy (non-hydrogen) atoms. The lowest BCUT2D eigenvalue weighted by Gasteiger charge is -2.22. The molecule has 2 rings (SSSR count). The van der Waals surface area contributed by atoms with Crippen LogP contribution in [0.25, 0.3) is 0 Å². The van der Waals surface area contributed by atoms with Gasteiger partial charge in [-0.2, -0.15) is 0 Å². The molecule has 0 radical (unpaired) electrons. The SMILES string of the molecule is Clc1ccc(Br)c(CNCCC2CCCCO2)c1. The van der Waals surface area contributed by atoms with Gasteiger partial charge in [-0.05, 0) is 56.0 Å². The second-order valence-electron chi connectivity index (χ2n) is 4.69. The van der Waals surface area contributed by atoms with Gasteiger partial charge in [-0.15, -0.1) is 0 Å². The molecule has 2 nitrogen and oxygen atoms in total. The average Bonchev–Trinajstić information content (AvgIpc) is 2.40. The Morgan fingerprint density at radius 2 is 2.28 bits per heavy atom. The van der Waals surface area contributed by atoms with Crippen LogP contribution in [-0.4, -0.2) is 19.3 Å². The van der Waals surface area contributed by atoms with Crippen LogP contribution in [0.1, 0.15) is 31.2 Å². The highest BCUT2D eigenvalue weighted by Gasteiger charge is 2.12. The van der Waals surface area contributed by atoms with Crippen LogP contribution < -0.4 is 5.32 Å². The Balaban J connectivity index is 1.69. The highest BCUT2D eigenvalue weighted by atomic mass is 79.9. The van der Waals surface area contributed by atoms with E-state index < -0.39 is 0 Å². The zero-order chi connectivity index (χ0) is 12.8. The smallest absolute Gasteiger partial charge is 0.0587 e. The van der Waals surface area contributed by atoms with Gasteiger partial charge in [-0.3, -0.25) is 0 Å². The van der Waals surface area contributed by atoms with E-state index in [0.29, 0.717) is 6.10 Å². The van der Waals surface area contributed by atoms with Crippen molar-refractivity contribution in [1.82, 2.24) is 5.32 Å². The van der Waals surface area contributed by atoms with Crippen molar-refractivity contribution in [2.75, 3.05) is 13.2 Å². The summed E-state index contributed by atoms with van der Waals surface area (Å²) in [6.07, 6.45) is 5.29. The normalized spacial score (nSPS) is 20.0. The fourth-order valence-corrected chi connectivity index (χ4v) is 2.78. The van der Waals surface area contributed by atoms with E-state index in [0.717, 1.165) is 35.6 Å². The summed E-state index contributed by atoms with van der Waals surface area (Å²) >= 11 is 9.52. The van der Waals surface area contributed by atoms with Crippen LogP contribution in [0.2, 0.25) is 5.02 Å². The van der Waals surface area contributed by atoms with Gasteiger partial charge in [0.2, 0.25) is 0 Å². The van der Waals surface area contributed by atoms with Crippen molar-refractivity contribution >= 4 is 27.5 Å². The maximum atomic E-state index is 5.98. The largest absolute Gasteiger partial charge is 0.378 e. The topological polar surface area (TPSA) is 21.3 Å². The van der Waals surface area contributed by atoms with Gasteiger partial charge in [0.25, 0.3) is 0 Å². The molecule has 1 aliphatic rings. The van der Waals surface area contributed by atoms with E-state index in [1.165, 1.54) is 24.8 Å². The molecule has 1 atom stereocenters. The Morgan fingerprint density at radius 3 is 3.06 bits per heavy atom. The predicted octanol–water partition coefficient (Wildman–Crippen LogP) is 4.15. The molecular formula is C14H19BrClNO. The third-order valence-electron chi connectivity index (χ3n) is 3.24. The molecule has 1 aromatic carbocycles. The molecule has 1 aromatic rings. The molecule has 0 saturated carbocycles. The monoisotopic (exact) mass is 331 g/mol. The van der Waals surface area contributed by atoms with E-state index in [2.05, 4.69) is 21.2 Å². The van der Waals surface area contributed by atoms with Crippen LogP contribution in [0.4, 0.5) is 0 Å². The molecule has 1 saturated heterocycles. The Labute approximate surface area is 122 Å². The quantitative estimate of drug-likeness (QED) is 0.818. The van der Waals surface area contributed by atoms with Crippen molar-refractivity contribution in [3.8, 4) is 0 Å². The third kappa shape index (κ3) is 4.54. The van der Waals surface area contributed by atoms with Gasteiger partial charge in [0.1, 0.15) is 0 Å². The van der Waals surface area contributed by atoms with E-state index in [1.54, 1.807) is 0 Å². The highest BCUT2D eigenvalue weighted by Crippen LogP contribution is 2.21. The van der Waals surface area contributed by atoms with Gasteiger partial charge in [-0.1, -0.05) is 27.5 Å². The molecule has 1 aliphatic heterocycles. The van der Waals surface area contributed by atoms with Gasteiger partial charge in [0.15, 0.2) is 0 Å². The zero-order valence-corrected chi connectivity index (χ0v) is 12.8. The number of ether oxygens (including phenoxy) is 1. The van der Waals surface area contributed by atoms with E-state index in [1.807, 2.05) is 18.2 Å². The van der Waals surface area contributed by atoms with Gasteiger partial charge in [0.05, 0.1) is 6.10 Å². The first-order valence-electron chi connectivity index (χ1n) is 6.52. The summed E-state index contributed by atoms with van der Waals surface area (Å²) in [7, 11) is 0. The molecule has 0 aromatic heterocycles. The highest BCUT2D eigenvalue weighted by molar-refractivity contribution is 9.10. The first-order chi connectivity index (χ1) is 8.75. The van der Waals surface area contributed by atoms with Crippen molar-refractivity contribution in [3.05, 3.63) is 33.3 Å². The van der Waals surface area contributed by atoms with Crippen molar-refractivity contribution in [2.24, 2.45) is 0 Å². The maximum absolute atomic E-state index is 5.98. The number of hydrogen-bond donors (Lipinski definition) is 1. The summed E-state index contributed by atoms with van der Waals surface area (Å²) in [4.78, 5) is 0. The van der Waals surface area contributed by atoms with Crippen molar-refractivity contribution < 1.29 is 4.74 Å². The van der Waals surface area contributed by atoms with Gasteiger partial charge in [0, 0.05) is 22.6 Å². The van der Waals surface area contributed by atoms with Crippen LogP contribution in [-0.2, 0) is 11.3 Å². The second-order valence-corrected chi connectivity index (χ2v) is 5.98. The van der Waals surface area contributed by atoms with Crippen LogP contribution in [0.15, 0.2) is 22.7 Å². The molecule has 1 N–H and O–H groups in total. The minimum absolute atomic E-state index is 0.453. The number of hydrogen-bond acceptors (Lipinski definition) is 2. The van der Waals surface area contributed by atoms with Crippen LogP contribution in [0, 0.1) is 0 Å². The van der Waals surface area contributed by atoms with Crippen molar-refractivity contribution in [1.29, 1.82) is 0 Å². The van der Waals surface area contributed by atoms with Crippen LogP contribution >= 0.6 is 27.5 Å². The lowest BCUT2D eigenvalue weighted by atomic mass is 10.1. The molecule has 100 valence electrons. The third-order valence-corrected chi connectivity index (χ3v) is 4.25. The van der Waals surface area contributed by atoms with Gasteiger partial charge in [-0.25, -0.2) is 0 Å². The summed E-state index contributed by atoms with van der Waals surface area (Å²) in [5.41, 5.74) is 1.20. The van der Waals surface area contributed by atoms with Crippen LogP contribution in [0.3, 0.4) is 0 Å². The zero-order valence-electron chi connectivity index (χ0n) is 10.4. The second kappa shape index (κ2) is 7.49. The first-order valence-corrected chi connectivity index (χ1v) is 7.69. The molecule has 1 heterocycles. The van der Waals surface area contributed by atoms with Gasteiger partial charge < -0.3 is 10.1 Å². The van der Waals surface area contributed by atoms with Crippen LogP contribution in [0.5, 0.6) is 0 Å². The van der Waals surface area contributed by atoms with E-state index in [-0.39, 0.29) is 0 Å². The molecule has 0 bridgehead atoms. The standard InChI is InChI=1S/C14H19BrClNO/c15-14-5-4-12(16)9-11(14)10-17-7-6-13-3-1-2-8-18-13/h4-5,9,13,17H,1-3,6-8,10H2. The summed E-state index contributed by atoms with van der Waals surface area (Å²) in [5, 5.41) is 4.23. The molecule has 0 amide bonds. The Morgan fingerprint density at radius 1 is 1.39 bits per heavy atom. The Kier molecular flexibility index (Phi) is 5.96. The molecular weight excluding hydrogens is 314 g/mol. The summed E-state index contributed by atoms with van der Waals surface area (Å²) < 4.78 is 6.81. The minimum Gasteiger partial charge on any atom is -0.378 e.